The van der Waals surface area contributed by atoms with Gasteiger partial charge in [-0.1, -0.05) is 60.7 Å². The lowest BCUT2D eigenvalue weighted by atomic mass is 9.95. The van der Waals surface area contributed by atoms with Crippen molar-refractivity contribution in [3.05, 3.63) is 89.5 Å². The molecule has 0 saturated carbocycles. The van der Waals surface area contributed by atoms with Gasteiger partial charge in [0.25, 0.3) is 0 Å². The lowest BCUT2D eigenvalue weighted by Crippen LogP contribution is -2.67. The third-order valence-corrected chi connectivity index (χ3v) is 16.1. The number of hydrogen-bond donors (Lipinski definition) is 20. The number of carbonyl (C=O) groups excluding carboxylic acids is 10. The number of carbonyl (C=O) groups is 10. The fourth-order valence-electron chi connectivity index (χ4n) is 10.9. The van der Waals surface area contributed by atoms with Gasteiger partial charge in [-0.3, -0.25) is 43.2 Å². The predicted molar refractivity (Wildman–Crippen MR) is 322 cm³/mol. The number of phenols is 1. The summed E-state index contributed by atoms with van der Waals surface area (Å²) in [5.41, 5.74) is 9.34. The first-order valence-corrected chi connectivity index (χ1v) is 30.3. The SMILES string of the molecule is COC(=O)CNC(=O)CNC(=O)[C@H](Cc1ccc(O)cc1)NC(=O)[C@H](CC(=O)N[C@@H]1O[C@H](CO)[C@@H](O[C@H]2O[C@H](CO)[C@@H](O[C@H]3O[C@H](CO)[C@@H](O)[C@H](O)[C@H]3O)[C@H](O)[C@H]2O)[C@H](O)[C@H]1O)NC(=O)CNC(=O)CNC(=O)[C@H](CCC(N)=O)NC(=O)OCC1c2ccccc2-c2ccccc21. The number of phenolic OH excluding ortho intramolecular Hbond substituents is 1. The molecule has 3 aliphatic heterocycles. The molecule has 21 N–H and O–H groups in total. The van der Waals surface area contributed by atoms with Crippen molar-refractivity contribution in [1.82, 2.24) is 42.5 Å². The Balaban J connectivity index is 1.00. The van der Waals surface area contributed by atoms with E-state index in [9.17, 15) is 104 Å². The van der Waals surface area contributed by atoms with Crippen LogP contribution in [0.3, 0.4) is 0 Å². The Morgan fingerprint density at radius 1 is 0.526 bits per heavy atom. The highest BCUT2D eigenvalue weighted by molar-refractivity contribution is 5.97. The van der Waals surface area contributed by atoms with Crippen LogP contribution >= 0.6 is 0 Å². The smallest absolute Gasteiger partial charge is 0.407 e. The first-order chi connectivity index (χ1) is 46.2. The third kappa shape index (κ3) is 20.2. The van der Waals surface area contributed by atoms with E-state index < -0.39 is 228 Å². The van der Waals surface area contributed by atoms with Gasteiger partial charge >= 0.3 is 12.1 Å². The second-order valence-corrected chi connectivity index (χ2v) is 22.8. The molecule has 3 fully saturated rings. The van der Waals surface area contributed by atoms with Gasteiger partial charge in [0.05, 0.1) is 53.0 Å². The van der Waals surface area contributed by atoms with E-state index in [1.54, 1.807) is 0 Å². The number of ether oxygens (including phenoxy) is 7. The highest BCUT2D eigenvalue weighted by atomic mass is 16.7. The van der Waals surface area contributed by atoms with E-state index in [-0.39, 0.29) is 31.1 Å². The Hall–Kier alpha value is -8.64. The van der Waals surface area contributed by atoms with Gasteiger partial charge in [0, 0.05) is 18.8 Å². The quantitative estimate of drug-likeness (QED) is 0.0266. The van der Waals surface area contributed by atoms with Crippen molar-refractivity contribution in [2.75, 3.05) is 59.7 Å². The van der Waals surface area contributed by atoms with E-state index >= 15 is 0 Å². The topological polar surface area (TPSA) is 580 Å². The van der Waals surface area contributed by atoms with Crippen LogP contribution < -0.4 is 48.3 Å². The van der Waals surface area contributed by atoms with Crippen molar-refractivity contribution < 1.29 is 137 Å². The molecule has 0 bridgehead atoms. The normalized spacial score (nSPS) is 26.8. The van der Waals surface area contributed by atoms with Crippen LogP contribution in [0.2, 0.25) is 0 Å². The molecule has 0 unspecified atom stereocenters. The highest BCUT2D eigenvalue weighted by Gasteiger charge is 2.54. The fraction of sp³-hybridized carbons (Fsp3) is 0.533. The molecular weight excluding hydrogens is 1290 g/mol. The maximum atomic E-state index is 14.3. The first-order valence-electron chi connectivity index (χ1n) is 30.3. The van der Waals surface area contributed by atoms with E-state index in [4.69, 9.17) is 34.2 Å². The summed E-state index contributed by atoms with van der Waals surface area (Å²) in [5.74, 6) is -9.93. The van der Waals surface area contributed by atoms with Crippen molar-refractivity contribution in [3.63, 3.8) is 0 Å². The van der Waals surface area contributed by atoms with Gasteiger partial charge in [-0.05, 0) is 46.4 Å². The molecule has 1 aliphatic carbocycles. The molecule has 7 rings (SSSR count). The number of aliphatic hydroxyl groups is 10. The summed E-state index contributed by atoms with van der Waals surface area (Å²) in [6.07, 6.45) is -32.3. The number of nitrogens with two attached hydrogens (primary N) is 1. The summed E-state index contributed by atoms with van der Waals surface area (Å²) in [6.45, 7) is -6.28. The van der Waals surface area contributed by atoms with Crippen LogP contribution in [0.25, 0.3) is 11.1 Å². The molecule has 3 heterocycles. The molecule has 37 heteroatoms. The number of esters is 1. The Labute approximate surface area is 551 Å². The Kier molecular flexibility index (Phi) is 27.8. The summed E-state index contributed by atoms with van der Waals surface area (Å²) >= 11 is 0. The van der Waals surface area contributed by atoms with E-state index in [0.29, 0.717) is 5.56 Å². The molecule has 0 spiro atoms. The molecule has 37 nitrogen and oxygen atoms in total. The average Bonchev–Trinajstić information content (AvgIpc) is 1.73. The largest absolute Gasteiger partial charge is 0.508 e. The Bertz CT molecular complexity index is 3190. The van der Waals surface area contributed by atoms with E-state index in [1.165, 1.54) is 24.3 Å². The number of nitrogens with one attached hydrogen (secondary N) is 8. The summed E-state index contributed by atoms with van der Waals surface area (Å²) in [7, 11) is 1.06. The summed E-state index contributed by atoms with van der Waals surface area (Å²) in [4.78, 5) is 131. The van der Waals surface area contributed by atoms with E-state index in [2.05, 4.69) is 47.3 Å². The van der Waals surface area contributed by atoms with E-state index in [0.717, 1.165) is 29.4 Å². The Morgan fingerprint density at radius 3 is 1.61 bits per heavy atom. The van der Waals surface area contributed by atoms with Crippen LogP contribution in [0, 0.1) is 0 Å². The number of hydrogen-bond acceptors (Lipinski definition) is 28. The van der Waals surface area contributed by atoms with Gasteiger partial charge in [0.15, 0.2) is 18.8 Å². The Morgan fingerprint density at radius 2 is 1.04 bits per heavy atom. The van der Waals surface area contributed by atoms with E-state index in [1.807, 2.05) is 48.5 Å². The van der Waals surface area contributed by atoms with Crippen molar-refractivity contribution >= 4 is 59.3 Å². The first kappa shape index (κ1) is 75.7. The standard InChI is InChI=1S/C60H79N9O28/c1-91-44(79)21-63-42(77)19-65-55(88)34(16-26-10-12-27(73)13-11-26)67-56(89)35(66-43(78)20-62-41(76)18-64-54(87)33(14-15-39(61)74)68-60(90)92-25-32-30-8-4-2-6-28(30)29-7-3-5-9-31(29)32)17-40(75)69-57-49(84)47(82)52(37(23-71)93-57)96-59-51(86)48(83)53(38(24-72)95-59)97-58-50(85)46(81)45(80)36(22-70)94-58/h2-13,32-38,45-53,57-59,70-73,80-86H,14-25H2,1H3,(H2,61,74)(H,62,76)(H,63,77)(H,64,87)(H,65,88)(H,66,78)(H,67,89)(H,68,90)(H,69,75)/t33-,34-,35-,36+,37+,38+,45+,46-,47+,48+,49+,50+,51+,52+,53+,57+,58+,59+/m0/s1. The molecule has 18 atom stereocenters. The predicted octanol–water partition coefficient (Wildman–Crippen LogP) is -9.33. The van der Waals surface area contributed by atoms with Gasteiger partial charge in [-0.2, -0.15) is 0 Å². The van der Waals surface area contributed by atoms with Gasteiger partial charge in [-0.25, -0.2) is 4.79 Å². The van der Waals surface area contributed by atoms with Gasteiger partial charge in [0.1, 0.15) is 110 Å². The van der Waals surface area contributed by atoms with Crippen LogP contribution in [-0.4, -0.2) is 285 Å². The summed E-state index contributed by atoms with van der Waals surface area (Å²) in [6, 6.07) is 15.1. The van der Waals surface area contributed by atoms with Crippen LogP contribution in [-0.2, 0) is 82.7 Å². The molecular formula is C60H79N9O28. The van der Waals surface area contributed by atoms with Crippen LogP contribution in [0.4, 0.5) is 4.79 Å². The molecule has 532 valence electrons. The molecule has 3 saturated heterocycles. The van der Waals surface area contributed by atoms with Gasteiger partial charge in [0.2, 0.25) is 47.3 Å². The minimum atomic E-state index is -2.23. The molecule has 3 aromatic carbocycles. The minimum Gasteiger partial charge on any atom is -0.508 e. The molecule has 97 heavy (non-hydrogen) atoms. The maximum absolute atomic E-state index is 14.3. The monoisotopic (exact) mass is 1370 g/mol. The second-order valence-electron chi connectivity index (χ2n) is 22.8. The number of aromatic hydroxyl groups is 1. The lowest BCUT2D eigenvalue weighted by Gasteiger charge is -2.48. The second kappa shape index (κ2) is 35.6. The highest BCUT2D eigenvalue weighted by Crippen LogP contribution is 2.44. The fourth-order valence-corrected chi connectivity index (χ4v) is 10.9. The lowest BCUT2D eigenvalue weighted by molar-refractivity contribution is -0.373. The third-order valence-electron chi connectivity index (χ3n) is 16.1. The zero-order chi connectivity index (χ0) is 70.8. The minimum absolute atomic E-state index is 0.140. The number of fused-ring (bicyclic) bond motifs is 3. The van der Waals surface area contributed by atoms with Crippen molar-refractivity contribution in [2.24, 2.45) is 5.73 Å². The van der Waals surface area contributed by atoms with Crippen molar-refractivity contribution in [2.45, 2.75) is 142 Å². The van der Waals surface area contributed by atoms with Gasteiger partial charge < -0.3 is 138 Å². The molecule has 3 aromatic rings. The summed E-state index contributed by atoms with van der Waals surface area (Å²) in [5, 5.41) is 134. The van der Waals surface area contributed by atoms with Crippen LogP contribution in [0.1, 0.15) is 41.9 Å². The van der Waals surface area contributed by atoms with Crippen LogP contribution in [0.5, 0.6) is 5.75 Å². The molecule has 0 radical (unpaired) electrons. The van der Waals surface area contributed by atoms with Crippen molar-refractivity contribution in [3.8, 4) is 16.9 Å². The number of amides is 9. The van der Waals surface area contributed by atoms with Gasteiger partial charge in [-0.15, -0.1) is 0 Å². The molecule has 9 amide bonds. The van der Waals surface area contributed by atoms with Crippen LogP contribution in [0.15, 0.2) is 72.8 Å². The maximum Gasteiger partial charge on any atom is 0.407 e. The number of primary amides is 1. The number of methoxy groups -OCH3 is 1. The zero-order valence-corrected chi connectivity index (χ0v) is 51.8. The van der Waals surface area contributed by atoms with Crippen molar-refractivity contribution in [1.29, 1.82) is 0 Å². The summed E-state index contributed by atoms with van der Waals surface area (Å²) < 4.78 is 37.9. The zero-order valence-electron chi connectivity index (χ0n) is 51.8. The molecule has 0 aromatic heterocycles. The molecule has 4 aliphatic rings. The number of rotatable bonds is 31. The number of alkyl carbamates (subject to hydrolysis) is 1. The average molecular weight is 1370 g/mol. The number of benzene rings is 3. The number of aliphatic hydroxyl groups excluding tert-OH is 10.